The van der Waals surface area contributed by atoms with Crippen LogP contribution in [0.5, 0.6) is 0 Å². The highest BCUT2D eigenvalue weighted by atomic mass is 79.9. The summed E-state index contributed by atoms with van der Waals surface area (Å²) in [6, 6.07) is -0.215. The van der Waals surface area contributed by atoms with Crippen LogP contribution in [0.3, 0.4) is 0 Å². The van der Waals surface area contributed by atoms with Crippen LogP contribution in [0.15, 0.2) is 0 Å². The number of nitrogens with zero attached hydrogens (tertiary/aromatic N) is 1. The van der Waals surface area contributed by atoms with E-state index in [9.17, 15) is 9.59 Å². The molecular formula is C12H20BrNO4. The minimum absolute atomic E-state index is 0.0678. The molecular weight excluding hydrogens is 302 g/mol. The van der Waals surface area contributed by atoms with Crippen molar-refractivity contribution in [3.63, 3.8) is 0 Å². The number of hydrogen-bond acceptors (Lipinski definition) is 4. The summed E-state index contributed by atoms with van der Waals surface area (Å²) >= 11 is 3.15. The van der Waals surface area contributed by atoms with Gasteiger partial charge in [0.15, 0.2) is 0 Å². The summed E-state index contributed by atoms with van der Waals surface area (Å²) in [5, 5.41) is 0.302. The van der Waals surface area contributed by atoms with Gasteiger partial charge in [0, 0.05) is 20.1 Å². The molecule has 0 bridgehead atoms. The Morgan fingerprint density at radius 2 is 2.17 bits per heavy atom. The molecule has 1 aliphatic heterocycles. The summed E-state index contributed by atoms with van der Waals surface area (Å²) in [7, 11) is 1.62. The maximum atomic E-state index is 11.9. The van der Waals surface area contributed by atoms with Crippen molar-refractivity contribution in [2.45, 2.75) is 38.3 Å². The Bertz CT molecular complexity index is 298. The topological polar surface area (TPSA) is 55.8 Å². The van der Waals surface area contributed by atoms with E-state index in [0.29, 0.717) is 24.9 Å². The number of halogens is 1. The number of carbonyl (C=O) groups excluding carboxylic acids is 2. The SMILES string of the molecule is CCOC(=O)N1CCC[C@H](OC)[C@H]1CC(=O)CBr. The van der Waals surface area contributed by atoms with Gasteiger partial charge in [0.2, 0.25) is 0 Å². The average Bonchev–Trinajstić information content (AvgIpc) is 2.38. The van der Waals surface area contributed by atoms with Gasteiger partial charge in [0.1, 0.15) is 5.78 Å². The first-order valence-corrected chi connectivity index (χ1v) is 7.30. The Labute approximate surface area is 116 Å². The fraction of sp³-hybridized carbons (Fsp3) is 0.833. The standard InChI is InChI=1S/C12H20BrNO4/c1-3-18-12(16)14-6-4-5-11(17-2)10(14)7-9(15)8-13/h10-11H,3-8H2,1-2H3/t10-,11+/m1/s1. The molecule has 2 atom stereocenters. The van der Waals surface area contributed by atoms with Gasteiger partial charge in [0.25, 0.3) is 0 Å². The van der Waals surface area contributed by atoms with Crippen LogP contribution in [-0.4, -0.2) is 54.5 Å². The second-order valence-electron chi connectivity index (χ2n) is 4.25. The Balaban J connectivity index is 2.76. The molecule has 18 heavy (non-hydrogen) atoms. The molecule has 0 radical (unpaired) electrons. The van der Waals surface area contributed by atoms with Crippen LogP contribution in [0.1, 0.15) is 26.2 Å². The lowest BCUT2D eigenvalue weighted by Crippen LogP contribution is -2.52. The number of ether oxygens (including phenoxy) is 2. The maximum absolute atomic E-state index is 11.9. The first-order chi connectivity index (χ1) is 8.63. The average molecular weight is 322 g/mol. The van der Waals surface area contributed by atoms with Crippen LogP contribution < -0.4 is 0 Å². The lowest BCUT2D eigenvalue weighted by Gasteiger charge is -2.39. The highest BCUT2D eigenvalue weighted by Crippen LogP contribution is 2.24. The number of ketones is 1. The zero-order chi connectivity index (χ0) is 13.5. The highest BCUT2D eigenvalue weighted by Gasteiger charge is 2.36. The van der Waals surface area contributed by atoms with Gasteiger partial charge in [-0.1, -0.05) is 15.9 Å². The van der Waals surface area contributed by atoms with E-state index in [1.807, 2.05) is 0 Å². The number of hydrogen-bond donors (Lipinski definition) is 0. The van der Waals surface area contributed by atoms with Gasteiger partial charge in [-0.25, -0.2) is 4.79 Å². The second-order valence-corrected chi connectivity index (χ2v) is 4.81. The Hall–Kier alpha value is -0.620. The quantitative estimate of drug-likeness (QED) is 0.726. The van der Waals surface area contributed by atoms with Crippen LogP contribution in [0.25, 0.3) is 0 Å². The number of alkyl halides is 1. The molecule has 104 valence electrons. The van der Waals surface area contributed by atoms with Crippen LogP contribution >= 0.6 is 15.9 Å². The fourth-order valence-corrected chi connectivity index (χ4v) is 2.49. The number of likely N-dealkylation sites (tertiary alicyclic amines) is 1. The molecule has 1 saturated heterocycles. The van der Waals surface area contributed by atoms with Gasteiger partial charge in [-0.2, -0.15) is 0 Å². The predicted octanol–water partition coefficient (Wildman–Crippen LogP) is 1.98. The monoisotopic (exact) mass is 321 g/mol. The largest absolute Gasteiger partial charge is 0.450 e. The summed E-state index contributed by atoms with van der Waals surface area (Å²) in [5.74, 6) is 0.0678. The minimum Gasteiger partial charge on any atom is -0.450 e. The van der Waals surface area contributed by atoms with Gasteiger partial charge in [0.05, 0.1) is 24.1 Å². The number of carbonyl (C=O) groups is 2. The molecule has 0 aromatic carbocycles. The highest BCUT2D eigenvalue weighted by molar-refractivity contribution is 9.09. The van der Waals surface area contributed by atoms with Gasteiger partial charge in [-0.05, 0) is 19.8 Å². The smallest absolute Gasteiger partial charge is 0.410 e. The minimum atomic E-state index is -0.355. The van der Waals surface area contributed by atoms with Crippen LogP contribution in [0.2, 0.25) is 0 Å². The van der Waals surface area contributed by atoms with Crippen LogP contribution in [0.4, 0.5) is 4.79 Å². The number of piperidine rings is 1. The van der Waals surface area contributed by atoms with E-state index >= 15 is 0 Å². The van der Waals surface area contributed by atoms with Crippen LogP contribution in [-0.2, 0) is 14.3 Å². The van der Waals surface area contributed by atoms with E-state index in [1.165, 1.54) is 0 Å². The molecule has 0 aliphatic carbocycles. The molecule has 1 amide bonds. The third kappa shape index (κ3) is 3.95. The van der Waals surface area contributed by atoms with Crippen molar-refractivity contribution >= 4 is 27.8 Å². The van der Waals surface area contributed by atoms with E-state index in [2.05, 4.69) is 15.9 Å². The van der Waals surface area contributed by atoms with E-state index in [4.69, 9.17) is 9.47 Å². The molecule has 0 N–H and O–H groups in total. The van der Waals surface area contributed by atoms with E-state index in [1.54, 1.807) is 18.9 Å². The summed E-state index contributed by atoms with van der Waals surface area (Å²) in [5.41, 5.74) is 0. The predicted molar refractivity (Wildman–Crippen MR) is 71.0 cm³/mol. The van der Waals surface area contributed by atoms with Crippen LogP contribution in [0, 0.1) is 0 Å². The van der Waals surface area contributed by atoms with Crippen molar-refractivity contribution in [1.29, 1.82) is 0 Å². The molecule has 1 fully saturated rings. The Kier molecular flexibility index (Phi) is 6.63. The van der Waals surface area contributed by atoms with E-state index < -0.39 is 0 Å². The molecule has 1 aliphatic rings. The molecule has 5 nitrogen and oxygen atoms in total. The molecule has 0 unspecified atom stereocenters. The molecule has 1 rings (SSSR count). The van der Waals surface area contributed by atoms with E-state index in [-0.39, 0.29) is 24.0 Å². The first kappa shape index (κ1) is 15.4. The third-order valence-electron chi connectivity index (χ3n) is 3.11. The maximum Gasteiger partial charge on any atom is 0.410 e. The van der Waals surface area contributed by atoms with Gasteiger partial charge >= 0.3 is 6.09 Å². The van der Waals surface area contributed by atoms with Crippen molar-refractivity contribution in [3.05, 3.63) is 0 Å². The lowest BCUT2D eigenvalue weighted by atomic mass is 9.95. The van der Waals surface area contributed by atoms with Gasteiger partial charge in [-0.3, -0.25) is 4.79 Å². The zero-order valence-corrected chi connectivity index (χ0v) is 12.4. The van der Waals surface area contributed by atoms with E-state index in [0.717, 1.165) is 12.8 Å². The van der Waals surface area contributed by atoms with Crippen molar-refractivity contribution in [1.82, 2.24) is 4.90 Å². The third-order valence-corrected chi connectivity index (χ3v) is 3.73. The lowest BCUT2D eigenvalue weighted by molar-refractivity contribution is -0.119. The number of methoxy groups -OCH3 is 1. The van der Waals surface area contributed by atoms with Gasteiger partial charge in [-0.15, -0.1) is 0 Å². The van der Waals surface area contributed by atoms with Crippen molar-refractivity contribution in [3.8, 4) is 0 Å². The summed E-state index contributed by atoms with van der Waals surface area (Å²) in [4.78, 5) is 25.1. The zero-order valence-electron chi connectivity index (χ0n) is 10.9. The Morgan fingerprint density at radius 1 is 1.44 bits per heavy atom. The fourth-order valence-electron chi connectivity index (χ4n) is 2.26. The molecule has 0 aromatic heterocycles. The number of Topliss-reactive ketones (excluding diaryl/α,β-unsaturated/α-hetero) is 1. The number of rotatable bonds is 5. The summed E-state index contributed by atoms with van der Waals surface area (Å²) < 4.78 is 10.4. The summed E-state index contributed by atoms with van der Waals surface area (Å²) in [6.07, 6.45) is 1.60. The van der Waals surface area contributed by atoms with Gasteiger partial charge < -0.3 is 14.4 Å². The molecule has 1 heterocycles. The van der Waals surface area contributed by atoms with Crippen molar-refractivity contribution in [2.24, 2.45) is 0 Å². The normalized spacial score (nSPS) is 23.8. The molecule has 6 heteroatoms. The van der Waals surface area contributed by atoms with Crippen molar-refractivity contribution < 1.29 is 19.1 Å². The molecule has 0 aromatic rings. The molecule has 0 spiro atoms. The number of amides is 1. The molecule has 0 saturated carbocycles. The van der Waals surface area contributed by atoms with Crippen molar-refractivity contribution in [2.75, 3.05) is 25.6 Å². The summed E-state index contributed by atoms with van der Waals surface area (Å²) in [6.45, 7) is 2.74. The second kappa shape index (κ2) is 7.74. The Morgan fingerprint density at radius 3 is 2.72 bits per heavy atom. The first-order valence-electron chi connectivity index (χ1n) is 6.17.